The fraction of sp³-hybridized carbons (Fsp3) is 0.250. The number of aromatic nitrogens is 1. The van der Waals surface area contributed by atoms with E-state index in [1.54, 1.807) is 25.5 Å². The first-order valence-electron chi connectivity index (χ1n) is 7.32. The lowest BCUT2D eigenvalue weighted by Crippen LogP contribution is -2.29. The number of nitrogens with one attached hydrogen (secondary N) is 1. The number of hydrogen-bond donors (Lipinski definition) is 1. The monoisotopic (exact) mass is 381 g/mol. The summed E-state index contributed by atoms with van der Waals surface area (Å²) >= 11 is 6.19. The van der Waals surface area contributed by atoms with Gasteiger partial charge in [0.15, 0.2) is 4.80 Å². The Morgan fingerprint density at radius 1 is 1.36 bits per heavy atom. The van der Waals surface area contributed by atoms with E-state index in [4.69, 9.17) is 17.0 Å². The van der Waals surface area contributed by atoms with Crippen LogP contribution in [0.1, 0.15) is 32.6 Å². The second-order valence-corrected chi connectivity index (χ2v) is 6.32. The van der Waals surface area contributed by atoms with E-state index in [1.807, 2.05) is 0 Å². The van der Waals surface area contributed by atoms with E-state index in [-0.39, 0.29) is 17.3 Å². The second-order valence-electron chi connectivity index (χ2n) is 4.96. The van der Waals surface area contributed by atoms with Crippen LogP contribution < -0.4 is 10.1 Å². The van der Waals surface area contributed by atoms with Gasteiger partial charge in [0.1, 0.15) is 10.7 Å². The van der Waals surface area contributed by atoms with Gasteiger partial charge < -0.3 is 9.30 Å². The molecule has 0 saturated carbocycles. The zero-order chi connectivity index (χ0) is 18.6. The number of carbonyl (C=O) groups excluding carboxylic acids is 2. The molecule has 2 rings (SSSR count). The number of amides is 1. The maximum Gasteiger partial charge on any atom is 0.350 e. The molecule has 0 aliphatic carbocycles. The molecule has 6 nitrogen and oxygen atoms in total. The number of ether oxygens (including phenoxy) is 1. The number of benzene rings is 1. The molecule has 0 aliphatic heterocycles. The number of thiocarbonyl (C=S) groups is 1. The van der Waals surface area contributed by atoms with E-state index in [2.05, 4.69) is 10.3 Å². The average molecular weight is 381 g/mol. The van der Waals surface area contributed by atoms with Gasteiger partial charge in [0.2, 0.25) is 5.11 Å². The lowest BCUT2D eigenvalue weighted by atomic mass is 10.2. The lowest BCUT2D eigenvalue weighted by molar-refractivity contribution is 0.0530. The minimum absolute atomic E-state index is 0.0541. The summed E-state index contributed by atoms with van der Waals surface area (Å²) in [6.45, 7) is 3.77. The zero-order valence-electron chi connectivity index (χ0n) is 13.8. The molecule has 132 valence electrons. The first kappa shape index (κ1) is 18.9. The number of halogens is 1. The van der Waals surface area contributed by atoms with E-state index < -0.39 is 17.7 Å². The Morgan fingerprint density at radius 3 is 2.60 bits per heavy atom. The maximum atomic E-state index is 12.9. The van der Waals surface area contributed by atoms with Crippen molar-refractivity contribution in [2.24, 2.45) is 12.0 Å². The summed E-state index contributed by atoms with van der Waals surface area (Å²) in [5.41, 5.74) is 0.952. The number of rotatable bonds is 3. The summed E-state index contributed by atoms with van der Waals surface area (Å²) in [5, 5.41) is 2.40. The van der Waals surface area contributed by atoms with Gasteiger partial charge in [-0.05, 0) is 50.3 Å². The molecular formula is C16H16FN3O3S2. The fourth-order valence-electron chi connectivity index (χ4n) is 1.90. The Kier molecular flexibility index (Phi) is 6.16. The third-order valence-electron chi connectivity index (χ3n) is 3.30. The van der Waals surface area contributed by atoms with E-state index in [1.165, 1.54) is 24.3 Å². The Bertz CT molecular complexity index is 885. The molecule has 0 fully saturated rings. The van der Waals surface area contributed by atoms with E-state index in [9.17, 15) is 14.0 Å². The van der Waals surface area contributed by atoms with Gasteiger partial charge in [-0.15, -0.1) is 0 Å². The van der Waals surface area contributed by atoms with Gasteiger partial charge in [0.25, 0.3) is 5.91 Å². The first-order valence-corrected chi connectivity index (χ1v) is 8.55. The molecule has 1 N–H and O–H groups in total. The summed E-state index contributed by atoms with van der Waals surface area (Å²) in [7, 11) is 1.73. The highest BCUT2D eigenvalue weighted by molar-refractivity contribution is 7.80. The van der Waals surface area contributed by atoms with Crippen molar-refractivity contribution in [1.29, 1.82) is 0 Å². The molecule has 0 saturated heterocycles. The molecule has 9 heteroatoms. The number of carbonyl (C=O) groups is 2. The van der Waals surface area contributed by atoms with Gasteiger partial charge in [-0.1, -0.05) is 11.3 Å². The topological polar surface area (TPSA) is 72.7 Å². The second kappa shape index (κ2) is 8.13. The van der Waals surface area contributed by atoms with Gasteiger partial charge in [-0.25, -0.2) is 9.18 Å². The highest BCUT2D eigenvalue weighted by atomic mass is 32.1. The Labute approximate surface area is 153 Å². The number of esters is 1. The summed E-state index contributed by atoms with van der Waals surface area (Å²) in [5.74, 6) is -1.35. The molecule has 0 spiro atoms. The van der Waals surface area contributed by atoms with Crippen LogP contribution >= 0.6 is 23.6 Å². The summed E-state index contributed by atoms with van der Waals surface area (Å²) in [4.78, 5) is 29.0. The predicted molar refractivity (Wildman–Crippen MR) is 96.0 cm³/mol. The van der Waals surface area contributed by atoms with Gasteiger partial charge in [-0.2, -0.15) is 4.99 Å². The molecule has 25 heavy (non-hydrogen) atoms. The molecular weight excluding hydrogens is 365 g/mol. The standard InChI is InChI=1S/C16H16FN3O3S2/c1-4-23-14(22)12-9(2)20(3)16(25-12)19-15(24)18-13(21)10-5-7-11(17)8-6-10/h5-8H,4H2,1-3H3,(H,18,21,24)/b19-16-. The van der Waals surface area contributed by atoms with Gasteiger partial charge in [0.05, 0.1) is 6.61 Å². The minimum atomic E-state index is -0.490. The first-order chi connectivity index (χ1) is 11.8. The normalized spacial score (nSPS) is 11.3. The molecule has 1 aromatic carbocycles. The van der Waals surface area contributed by atoms with Gasteiger partial charge in [-0.3, -0.25) is 10.1 Å². The van der Waals surface area contributed by atoms with Gasteiger partial charge >= 0.3 is 5.97 Å². The number of nitrogens with zero attached hydrogens (tertiary/aromatic N) is 2. The largest absolute Gasteiger partial charge is 0.462 e. The van der Waals surface area contributed by atoms with Crippen molar-refractivity contribution in [3.05, 3.63) is 51.0 Å². The smallest absolute Gasteiger partial charge is 0.350 e. The molecule has 1 heterocycles. The van der Waals surface area contributed by atoms with E-state index in [0.29, 0.717) is 15.4 Å². The molecule has 1 aromatic heterocycles. The van der Waals surface area contributed by atoms with E-state index >= 15 is 0 Å². The Morgan fingerprint density at radius 2 is 2.00 bits per heavy atom. The molecule has 1 amide bonds. The molecule has 0 atom stereocenters. The third-order valence-corrected chi connectivity index (χ3v) is 4.70. The van der Waals surface area contributed by atoms with Crippen molar-refractivity contribution >= 4 is 40.5 Å². The van der Waals surface area contributed by atoms with Crippen LogP contribution in [0.15, 0.2) is 29.3 Å². The van der Waals surface area contributed by atoms with Crippen LogP contribution in [-0.2, 0) is 11.8 Å². The quantitative estimate of drug-likeness (QED) is 0.654. The summed E-state index contributed by atoms with van der Waals surface area (Å²) < 4.78 is 19.6. The summed E-state index contributed by atoms with van der Waals surface area (Å²) in [6.07, 6.45) is 0. The molecule has 0 radical (unpaired) electrons. The fourth-order valence-corrected chi connectivity index (χ4v) is 3.16. The van der Waals surface area contributed by atoms with Crippen molar-refractivity contribution in [1.82, 2.24) is 9.88 Å². The van der Waals surface area contributed by atoms with Crippen LogP contribution in [-0.4, -0.2) is 28.2 Å². The Balaban J connectivity index is 2.21. The number of thiazole rings is 1. The number of hydrogen-bond acceptors (Lipinski definition) is 5. The van der Waals surface area contributed by atoms with Crippen LogP contribution in [0.3, 0.4) is 0 Å². The van der Waals surface area contributed by atoms with Crippen LogP contribution in [0.5, 0.6) is 0 Å². The van der Waals surface area contributed by atoms with Crippen molar-refractivity contribution in [2.75, 3.05) is 6.61 Å². The van der Waals surface area contributed by atoms with Crippen LogP contribution in [0.4, 0.5) is 4.39 Å². The highest BCUT2D eigenvalue weighted by Gasteiger charge is 2.16. The lowest BCUT2D eigenvalue weighted by Gasteiger charge is -2.02. The Hall–Kier alpha value is -2.39. The predicted octanol–water partition coefficient (Wildman–Crippen LogP) is 2.33. The van der Waals surface area contributed by atoms with Crippen molar-refractivity contribution in [3.8, 4) is 0 Å². The molecule has 0 bridgehead atoms. The zero-order valence-corrected chi connectivity index (χ0v) is 15.5. The third kappa shape index (κ3) is 4.58. The maximum absolute atomic E-state index is 12.9. The van der Waals surface area contributed by atoms with Crippen molar-refractivity contribution in [3.63, 3.8) is 0 Å². The van der Waals surface area contributed by atoms with Gasteiger partial charge in [0, 0.05) is 18.3 Å². The van der Waals surface area contributed by atoms with Crippen LogP contribution in [0.25, 0.3) is 0 Å². The molecule has 0 aliphatic rings. The summed E-state index contributed by atoms with van der Waals surface area (Å²) in [6, 6.07) is 5.07. The molecule has 2 aromatic rings. The SMILES string of the molecule is CCOC(=O)c1s/c(=N\C(=S)NC(=O)c2ccc(F)cc2)n(C)c1C. The minimum Gasteiger partial charge on any atom is -0.462 e. The highest BCUT2D eigenvalue weighted by Crippen LogP contribution is 2.12. The van der Waals surface area contributed by atoms with E-state index in [0.717, 1.165) is 11.3 Å². The van der Waals surface area contributed by atoms with Crippen LogP contribution in [0.2, 0.25) is 0 Å². The van der Waals surface area contributed by atoms with Crippen LogP contribution in [0, 0.1) is 12.7 Å². The average Bonchev–Trinajstić information content (AvgIpc) is 2.84. The van der Waals surface area contributed by atoms with Crippen molar-refractivity contribution < 1.29 is 18.7 Å². The molecule has 0 unspecified atom stereocenters. The van der Waals surface area contributed by atoms with Crippen molar-refractivity contribution in [2.45, 2.75) is 13.8 Å².